The van der Waals surface area contributed by atoms with Gasteiger partial charge in [0.1, 0.15) is 6.04 Å². The molecule has 0 aliphatic heterocycles. The normalized spacial score (nSPS) is 9.28. The van der Waals surface area contributed by atoms with E-state index in [0.717, 1.165) is 18.2 Å². The molecular weight excluding hydrogens is 408 g/mol. The first-order valence-corrected chi connectivity index (χ1v) is 10.9. The van der Waals surface area contributed by atoms with Crippen molar-refractivity contribution in [1.29, 1.82) is 0 Å². The highest BCUT2D eigenvalue weighted by Gasteiger charge is 2.22. The van der Waals surface area contributed by atoms with Crippen LogP contribution in [0.4, 0.5) is 0 Å². The van der Waals surface area contributed by atoms with E-state index in [1.54, 1.807) is 24.3 Å². The molecule has 1 N–H and O–H groups in total. The Hall–Kier alpha value is -3.22. The van der Waals surface area contributed by atoms with Crippen molar-refractivity contribution in [2.75, 3.05) is 14.2 Å². The van der Waals surface area contributed by atoms with E-state index in [9.17, 15) is 9.59 Å². The van der Waals surface area contributed by atoms with Crippen LogP contribution in [0.15, 0.2) is 54.6 Å². The van der Waals surface area contributed by atoms with E-state index in [2.05, 4.69) is 5.32 Å². The average molecular weight is 449 g/mol. The van der Waals surface area contributed by atoms with E-state index >= 15 is 0 Å². The van der Waals surface area contributed by atoms with Crippen LogP contribution in [0.5, 0.6) is 0 Å². The summed E-state index contributed by atoms with van der Waals surface area (Å²) in [6.45, 7) is 14.0. The van der Waals surface area contributed by atoms with Crippen LogP contribution >= 0.6 is 0 Å². The van der Waals surface area contributed by atoms with E-state index in [4.69, 9.17) is 14.9 Å². The number of methoxy groups -OCH3 is 1. The molecule has 180 valence electrons. The maximum Gasteiger partial charge on any atom is 0.328 e. The number of amides is 1. The molecule has 0 aliphatic carbocycles. The Labute approximate surface area is 193 Å². The van der Waals surface area contributed by atoms with E-state index in [1.807, 2.05) is 78.8 Å². The molecule has 2 aromatic rings. The maximum absolute atomic E-state index is 12.2. The highest BCUT2D eigenvalue weighted by molar-refractivity contribution is 5.96. The van der Waals surface area contributed by atoms with Crippen LogP contribution in [0.2, 0.25) is 0 Å². The number of esters is 1. The fourth-order valence-corrected chi connectivity index (χ4v) is 2.13. The standard InChI is InChI=1S/C18H19NO3.3C2H6.CH3NO2/c1-13-8-10-14(11-9-13)12-16(18(21)22-2)19-17(20)15-6-4-3-5-7-15;3*1-2;1-2(3)4/h3-11,16H,12H2,1-2H3,(H,19,20);3*1-2H3;1H3. The summed E-state index contributed by atoms with van der Waals surface area (Å²) in [5.41, 5.74) is 2.63. The predicted octanol–water partition coefficient (Wildman–Crippen LogP) is 5.48. The van der Waals surface area contributed by atoms with Crippen molar-refractivity contribution < 1.29 is 19.2 Å². The van der Waals surface area contributed by atoms with Crippen molar-refractivity contribution in [1.82, 2.24) is 5.32 Å². The number of ether oxygens (including phenoxy) is 1. The van der Waals surface area contributed by atoms with Crippen molar-refractivity contribution in [2.24, 2.45) is 0 Å². The Morgan fingerprint density at radius 1 is 0.938 bits per heavy atom. The number of carbonyl (C=O) groups excluding carboxylic acids is 2. The minimum absolute atomic E-state index is 0.289. The molecule has 0 saturated carbocycles. The lowest BCUT2D eigenvalue weighted by Gasteiger charge is -2.16. The summed E-state index contributed by atoms with van der Waals surface area (Å²) in [5, 5.41) is 11.5. The van der Waals surface area contributed by atoms with Gasteiger partial charge in [-0.15, -0.1) is 0 Å². The number of hydrogen-bond donors (Lipinski definition) is 1. The van der Waals surface area contributed by atoms with Gasteiger partial charge in [-0.05, 0) is 24.6 Å². The third-order valence-corrected chi connectivity index (χ3v) is 3.39. The fourth-order valence-electron chi connectivity index (χ4n) is 2.13. The second-order valence-electron chi connectivity index (χ2n) is 5.54. The number of nitro groups is 1. The smallest absolute Gasteiger partial charge is 0.328 e. The number of carbonyl (C=O) groups is 2. The summed E-state index contributed by atoms with van der Waals surface area (Å²) < 4.78 is 4.79. The van der Waals surface area contributed by atoms with Gasteiger partial charge in [-0.2, -0.15) is 0 Å². The van der Waals surface area contributed by atoms with Crippen LogP contribution in [-0.2, 0) is 16.0 Å². The number of nitrogens with zero attached hydrogens (tertiary/aromatic N) is 1. The minimum Gasteiger partial charge on any atom is -0.467 e. The van der Waals surface area contributed by atoms with Crippen molar-refractivity contribution in [2.45, 2.75) is 60.9 Å². The molecule has 0 spiro atoms. The molecule has 0 radical (unpaired) electrons. The number of benzene rings is 2. The van der Waals surface area contributed by atoms with Gasteiger partial charge < -0.3 is 10.1 Å². The molecule has 1 atom stereocenters. The van der Waals surface area contributed by atoms with Crippen molar-refractivity contribution in [3.05, 3.63) is 81.4 Å². The van der Waals surface area contributed by atoms with Gasteiger partial charge in [-0.25, -0.2) is 4.79 Å². The van der Waals surface area contributed by atoms with Crippen molar-refractivity contribution in [3.8, 4) is 0 Å². The van der Waals surface area contributed by atoms with Crippen molar-refractivity contribution >= 4 is 11.9 Å². The van der Waals surface area contributed by atoms with Gasteiger partial charge in [0.2, 0.25) is 0 Å². The Balaban J connectivity index is -0.000000727. The van der Waals surface area contributed by atoms with Crippen LogP contribution in [0.25, 0.3) is 0 Å². The summed E-state index contributed by atoms with van der Waals surface area (Å²) in [6.07, 6.45) is 0.394. The topological polar surface area (TPSA) is 98.5 Å². The Morgan fingerprint density at radius 2 is 1.38 bits per heavy atom. The molecule has 7 nitrogen and oxygen atoms in total. The molecular formula is C25H40N2O5. The van der Waals surface area contributed by atoms with Gasteiger partial charge in [0.25, 0.3) is 5.91 Å². The summed E-state index contributed by atoms with van der Waals surface area (Å²) in [5.74, 6) is -0.743. The lowest BCUT2D eigenvalue weighted by Crippen LogP contribution is -2.43. The van der Waals surface area contributed by atoms with E-state index in [1.165, 1.54) is 7.11 Å². The highest BCUT2D eigenvalue weighted by atomic mass is 16.6. The Morgan fingerprint density at radius 3 is 1.78 bits per heavy atom. The molecule has 0 aliphatic rings. The number of nitrogens with one attached hydrogen (secondary N) is 1. The number of aryl methyl sites for hydroxylation is 1. The molecule has 0 aromatic heterocycles. The maximum atomic E-state index is 12.2. The molecule has 1 amide bonds. The summed E-state index contributed by atoms with van der Waals surface area (Å²) >= 11 is 0. The zero-order chi connectivity index (χ0) is 25.5. The first-order chi connectivity index (χ1) is 15.3. The van der Waals surface area contributed by atoms with Gasteiger partial charge in [0.15, 0.2) is 7.05 Å². The molecule has 0 bridgehead atoms. The van der Waals surface area contributed by atoms with Crippen LogP contribution in [-0.4, -0.2) is 37.0 Å². The van der Waals surface area contributed by atoms with Gasteiger partial charge in [0.05, 0.1) is 7.11 Å². The largest absolute Gasteiger partial charge is 0.467 e. The molecule has 7 heteroatoms. The minimum atomic E-state index is -0.708. The zero-order valence-electron chi connectivity index (χ0n) is 21.0. The van der Waals surface area contributed by atoms with E-state index in [0.29, 0.717) is 12.0 Å². The second kappa shape index (κ2) is 22.5. The summed E-state index contributed by atoms with van der Waals surface area (Å²) in [7, 11) is 2.21. The Kier molecular flexibility index (Phi) is 23.5. The van der Waals surface area contributed by atoms with Crippen LogP contribution in [0, 0.1) is 17.0 Å². The SMILES string of the molecule is CC.CC.CC.COC(=O)C(Cc1ccc(C)cc1)NC(=O)c1ccccc1.C[N+](=O)[O-]. The Bertz CT molecular complexity index is 728. The van der Waals surface area contributed by atoms with Gasteiger partial charge in [-0.3, -0.25) is 14.9 Å². The monoisotopic (exact) mass is 448 g/mol. The van der Waals surface area contributed by atoms with Crippen molar-refractivity contribution in [3.63, 3.8) is 0 Å². The lowest BCUT2D eigenvalue weighted by molar-refractivity contribution is -0.445. The van der Waals surface area contributed by atoms with Gasteiger partial charge in [-0.1, -0.05) is 89.6 Å². The molecule has 1 unspecified atom stereocenters. The van der Waals surface area contributed by atoms with Crippen LogP contribution in [0.1, 0.15) is 63.0 Å². The number of rotatable bonds is 5. The molecule has 2 aromatic carbocycles. The first kappa shape index (κ1) is 33.4. The molecule has 0 heterocycles. The molecule has 0 saturated heterocycles. The zero-order valence-corrected chi connectivity index (χ0v) is 21.0. The third-order valence-electron chi connectivity index (χ3n) is 3.39. The molecule has 2 rings (SSSR count). The molecule has 32 heavy (non-hydrogen) atoms. The predicted molar refractivity (Wildman–Crippen MR) is 132 cm³/mol. The summed E-state index contributed by atoms with van der Waals surface area (Å²) in [4.78, 5) is 32.4. The third kappa shape index (κ3) is 16.6. The van der Waals surface area contributed by atoms with Gasteiger partial charge >= 0.3 is 5.97 Å². The lowest BCUT2D eigenvalue weighted by atomic mass is 10.0. The summed E-state index contributed by atoms with van der Waals surface area (Å²) in [6, 6.07) is 15.9. The average Bonchev–Trinajstić information content (AvgIpc) is 2.83. The molecule has 0 fully saturated rings. The van der Waals surface area contributed by atoms with Crippen LogP contribution in [0.3, 0.4) is 0 Å². The number of hydrogen-bond acceptors (Lipinski definition) is 5. The fraction of sp³-hybridized carbons (Fsp3) is 0.440. The quantitative estimate of drug-likeness (QED) is 0.371. The van der Waals surface area contributed by atoms with E-state index < -0.39 is 16.9 Å². The van der Waals surface area contributed by atoms with E-state index in [-0.39, 0.29) is 5.91 Å². The second-order valence-corrected chi connectivity index (χ2v) is 5.54. The van der Waals surface area contributed by atoms with Crippen LogP contribution < -0.4 is 5.32 Å². The first-order valence-electron chi connectivity index (χ1n) is 10.9. The highest BCUT2D eigenvalue weighted by Crippen LogP contribution is 2.08. The van der Waals surface area contributed by atoms with Gasteiger partial charge in [0, 0.05) is 16.9 Å².